The zero-order valence-corrected chi connectivity index (χ0v) is 12.3. The maximum atomic E-state index is 9.36. The predicted octanol–water partition coefficient (Wildman–Crippen LogP) is 1.68. The molecule has 20 heavy (non-hydrogen) atoms. The smallest absolute Gasteiger partial charge is 0.0942 e. The molecule has 1 aromatic rings. The molecule has 1 aliphatic rings. The van der Waals surface area contributed by atoms with Crippen molar-refractivity contribution in [2.75, 3.05) is 31.6 Å². The van der Waals surface area contributed by atoms with Crippen LogP contribution in [0.5, 0.6) is 0 Å². The SMILES string of the molecule is CC1CCCN(Cc2cccc(NCC(O)CO)c2)C1. The van der Waals surface area contributed by atoms with Gasteiger partial charge in [-0.1, -0.05) is 19.1 Å². The highest BCUT2D eigenvalue weighted by atomic mass is 16.3. The van der Waals surface area contributed by atoms with Gasteiger partial charge in [-0.2, -0.15) is 0 Å². The highest BCUT2D eigenvalue weighted by molar-refractivity contribution is 5.45. The summed E-state index contributed by atoms with van der Waals surface area (Å²) in [6.45, 7) is 5.84. The third kappa shape index (κ3) is 4.78. The molecule has 0 spiro atoms. The third-order valence-electron chi connectivity index (χ3n) is 3.83. The van der Waals surface area contributed by atoms with Crippen molar-refractivity contribution in [2.45, 2.75) is 32.4 Å². The molecule has 1 aromatic carbocycles. The van der Waals surface area contributed by atoms with E-state index < -0.39 is 6.10 Å². The lowest BCUT2D eigenvalue weighted by molar-refractivity contribution is 0.105. The van der Waals surface area contributed by atoms with Crippen molar-refractivity contribution >= 4 is 5.69 Å². The predicted molar refractivity (Wildman–Crippen MR) is 81.7 cm³/mol. The molecule has 0 radical (unpaired) electrons. The first kappa shape index (κ1) is 15.3. The summed E-state index contributed by atoms with van der Waals surface area (Å²) in [5.41, 5.74) is 2.29. The van der Waals surface area contributed by atoms with Crippen LogP contribution >= 0.6 is 0 Å². The van der Waals surface area contributed by atoms with E-state index in [4.69, 9.17) is 5.11 Å². The van der Waals surface area contributed by atoms with Crippen molar-refractivity contribution in [3.63, 3.8) is 0 Å². The summed E-state index contributed by atoms with van der Waals surface area (Å²) in [5, 5.41) is 21.3. The van der Waals surface area contributed by atoms with Gasteiger partial charge in [-0.15, -0.1) is 0 Å². The Morgan fingerprint density at radius 1 is 1.45 bits per heavy atom. The number of aliphatic hydroxyl groups excluding tert-OH is 2. The number of anilines is 1. The molecule has 112 valence electrons. The van der Waals surface area contributed by atoms with E-state index in [-0.39, 0.29) is 6.61 Å². The van der Waals surface area contributed by atoms with Gasteiger partial charge in [0.2, 0.25) is 0 Å². The summed E-state index contributed by atoms with van der Waals surface area (Å²) in [6, 6.07) is 8.30. The Kier molecular flexibility index (Phi) is 5.83. The average Bonchev–Trinajstić information content (AvgIpc) is 2.45. The molecule has 2 rings (SSSR count). The monoisotopic (exact) mass is 278 g/mol. The van der Waals surface area contributed by atoms with Crippen LogP contribution in [0.3, 0.4) is 0 Å². The molecule has 1 aliphatic heterocycles. The van der Waals surface area contributed by atoms with Crippen LogP contribution in [0.25, 0.3) is 0 Å². The van der Waals surface area contributed by atoms with Gasteiger partial charge < -0.3 is 15.5 Å². The van der Waals surface area contributed by atoms with Gasteiger partial charge in [-0.05, 0) is 43.0 Å². The molecule has 2 unspecified atom stereocenters. The van der Waals surface area contributed by atoms with Gasteiger partial charge in [0, 0.05) is 25.3 Å². The van der Waals surface area contributed by atoms with E-state index in [0.29, 0.717) is 6.54 Å². The number of piperidine rings is 1. The topological polar surface area (TPSA) is 55.7 Å². The Morgan fingerprint density at radius 2 is 2.30 bits per heavy atom. The molecule has 4 nitrogen and oxygen atoms in total. The number of likely N-dealkylation sites (tertiary alicyclic amines) is 1. The summed E-state index contributed by atoms with van der Waals surface area (Å²) in [5.74, 6) is 0.796. The van der Waals surface area contributed by atoms with Crippen LogP contribution in [0, 0.1) is 5.92 Å². The molecule has 1 heterocycles. The number of aliphatic hydroxyl groups is 2. The van der Waals surface area contributed by atoms with Gasteiger partial charge >= 0.3 is 0 Å². The van der Waals surface area contributed by atoms with Crippen LogP contribution in [0.15, 0.2) is 24.3 Å². The first-order chi connectivity index (χ1) is 9.67. The number of hydrogen-bond donors (Lipinski definition) is 3. The maximum Gasteiger partial charge on any atom is 0.0942 e. The van der Waals surface area contributed by atoms with Gasteiger partial charge in [0.15, 0.2) is 0 Å². The van der Waals surface area contributed by atoms with Crippen molar-refractivity contribution < 1.29 is 10.2 Å². The maximum absolute atomic E-state index is 9.36. The Bertz CT molecular complexity index is 411. The molecular weight excluding hydrogens is 252 g/mol. The minimum atomic E-state index is -0.707. The molecule has 1 fully saturated rings. The summed E-state index contributed by atoms with van der Waals surface area (Å²) < 4.78 is 0. The quantitative estimate of drug-likeness (QED) is 0.741. The van der Waals surface area contributed by atoms with Crippen molar-refractivity contribution in [3.8, 4) is 0 Å². The number of hydrogen-bond acceptors (Lipinski definition) is 4. The second-order valence-corrected chi connectivity index (χ2v) is 5.90. The van der Waals surface area contributed by atoms with Crippen LogP contribution in [0.1, 0.15) is 25.3 Å². The van der Waals surface area contributed by atoms with E-state index in [1.165, 1.54) is 31.5 Å². The molecule has 3 N–H and O–H groups in total. The standard InChI is InChI=1S/C16H26N2O2/c1-13-4-3-7-18(10-13)11-14-5-2-6-15(8-14)17-9-16(20)12-19/h2,5-6,8,13,16-17,19-20H,3-4,7,9-12H2,1H3. The normalized spacial score (nSPS) is 21.6. The van der Waals surface area contributed by atoms with Crippen LogP contribution in [0.4, 0.5) is 5.69 Å². The highest BCUT2D eigenvalue weighted by Crippen LogP contribution is 2.19. The second kappa shape index (κ2) is 7.62. The van der Waals surface area contributed by atoms with E-state index in [0.717, 1.165) is 18.2 Å². The fourth-order valence-corrected chi connectivity index (χ4v) is 2.77. The number of rotatable bonds is 6. The summed E-state index contributed by atoms with van der Waals surface area (Å²) in [6.07, 6.45) is 1.93. The van der Waals surface area contributed by atoms with Gasteiger partial charge in [0.05, 0.1) is 12.7 Å². The van der Waals surface area contributed by atoms with Crippen molar-refractivity contribution in [3.05, 3.63) is 29.8 Å². The summed E-state index contributed by atoms with van der Waals surface area (Å²) >= 11 is 0. The molecule has 2 atom stereocenters. The third-order valence-corrected chi connectivity index (χ3v) is 3.83. The van der Waals surface area contributed by atoms with E-state index in [1.807, 2.05) is 12.1 Å². The van der Waals surface area contributed by atoms with Crippen molar-refractivity contribution in [1.29, 1.82) is 0 Å². The molecule has 0 aliphatic carbocycles. The zero-order chi connectivity index (χ0) is 14.4. The van der Waals surface area contributed by atoms with Crippen LogP contribution in [-0.2, 0) is 6.54 Å². The number of nitrogens with zero attached hydrogens (tertiary/aromatic N) is 1. The Hall–Kier alpha value is -1.10. The minimum absolute atomic E-state index is 0.210. The minimum Gasteiger partial charge on any atom is -0.394 e. The van der Waals surface area contributed by atoms with Crippen LogP contribution in [0.2, 0.25) is 0 Å². The van der Waals surface area contributed by atoms with Gasteiger partial charge in [-0.3, -0.25) is 4.90 Å². The van der Waals surface area contributed by atoms with Crippen molar-refractivity contribution in [2.24, 2.45) is 5.92 Å². The van der Waals surface area contributed by atoms with Crippen LogP contribution in [-0.4, -0.2) is 47.5 Å². The number of nitrogens with one attached hydrogen (secondary N) is 1. The van der Waals surface area contributed by atoms with E-state index in [9.17, 15) is 5.11 Å². The fourth-order valence-electron chi connectivity index (χ4n) is 2.77. The Morgan fingerprint density at radius 3 is 3.05 bits per heavy atom. The van der Waals surface area contributed by atoms with E-state index in [1.54, 1.807) is 0 Å². The van der Waals surface area contributed by atoms with E-state index >= 15 is 0 Å². The molecule has 1 saturated heterocycles. The second-order valence-electron chi connectivity index (χ2n) is 5.90. The lowest BCUT2D eigenvalue weighted by Crippen LogP contribution is -2.33. The summed E-state index contributed by atoms with van der Waals surface area (Å²) in [7, 11) is 0. The lowest BCUT2D eigenvalue weighted by atomic mass is 10.00. The molecule has 0 saturated carbocycles. The molecule has 0 bridgehead atoms. The van der Waals surface area contributed by atoms with Gasteiger partial charge in [-0.25, -0.2) is 0 Å². The fraction of sp³-hybridized carbons (Fsp3) is 0.625. The first-order valence-corrected chi connectivity index (χ1v) is 7.51. The molecule has 0 amide bonds. The molecule has 0 aromatic heterocycles. The average molecular weight is 278 g/mol. The van der Waals surface area contributed by atoms with Gasteiger partial charge in [0.1, 0.15) is 0 Å². The lowest BCUT2D eigenvalue weighted by Gasteiger charge is -2.30. The van der Waals surface area contributed by atoms with E-state index in [2.05, 4.69) is 29.3 Å². The molecular formula is C16H26N2O2. The van der Waals surface area contributed by atoms with Crippen molar-refractivity contribution in [1.82, 2.24) is 4.90 Å². The van der Waals surface area contributed by atoms with Crippen LogP contribution < -0.4 is 5.32 Å². The highest BCUT2D eigenvalue weighted by Gasteiger charge is 2.16. The van der Waals surface area contributed by atoms with Gasteiger partial charge in [0.25, 0.3) is 0 Å². The number of benzene rings is 1. The Balaban J connectivity index is 1.88. The molecule has 4 heteroatoms. The Labute approximate surface area is 121 Å². The first-order valence-electron chi connectivity index (χ1n) is 7.51. The summed E-state index contributed by atoms with van der Waals surface area (Å²) in [4.78, 5) is 2.51. The largest absolute Gasteiger partial charge is 0.394 e. The zero-order valence-electron chi connectivity index (χ0n) is 12.3.